The van der Waals surface area contributed by atoms with Gasteiger partial charge in [-0.25, -0.2) is 0 Å². The van der Waals surface area contributed by atoms with Gasteiger partial charge in [0, 0.05) is 32.1 Å². The molecule has 0 aromatic carbocycles. The molecule has 2 amide bonds. The summed E-state index contributed by atoms with van der Waals surface area (Å²) >= 11 is 0. The molecule has 2 saturated heterocycles. The highest BCUT2D eigenvalue weighted by Crippen LogP contribution is 2.11. The van der Waals surface area contributed by atoms with Crippen LogP contribution in [0.3, 0.4) is 0 Å². The number of rotatable bonds is 1. The van der Waals surface area contributed by atoms with Gasteiger partial charge in [-0.1, -0.05) is 0 Å². The average molecular weight is 248 g/mol. The van der Waals surface area contributed by atoms with E-state index in [1.807, 2.05) is 4.90 Å². The van der Waals surface area contributed by atoms with E-state index in [4.69, 9.17) is 0 Å². The van der Waals surface area contributed by atoms with E-state index in [1.54, 1.807) is 0 Å². The third-order valence-electron chi connectivity index (χ3n) is 2.97. The molecule has 2 rings (SSSR count). The Bertz CT molecular complexity index is 285. The van der Waals surface area contributed by atoms with Crippen molar-refractivity contribution in [1.29, 1.82) is 0 Å². The number of nitrogens with zero attached hydrogens (tertiary/aromatic N) is 1. The van der Waals surface area contributed by atoms with Crippen LogP contribution in [0.4, 0.5) is 0 Å². The first-order valence-electron chi connectivity index (χ1n) is 5.48. The summed E-state index contributed by atoms with van der Waals surface area (Å²) < 4.78 is 0. The molecule has 92 valence electrons. The summed E-state index contributed by atoms with van der Waals surface area (Å²) in [5, 5.41) is 6.00. The van der Waals surface area contributed by atoms with Gasteiger partial charge in [0.2, 0.25) is 11.8 Å². The summed E-state index contributed by atoms with van der Waals surface area (Å²) in [7, 11) is 0. The smallest absolute Gasteiger partial charge is 0.245 e. The van der Waals surface area contributed by atoms with Crippen LogP contribution < -0.4 is 10.6 Å². The van der Waals surface area contributed by atoms with Gasteiger partial charge in [-0.05, 0) is 13.3 Å². The van der Waals surface area contributed by atoms with E-state index >= 15 is 0 Å². The Hall–Kier alpha value is -0.810. The predicted octanol–water partition coefficient (Wildman–Crippen LogP) is -0.493. The number of hydrogen-bond donors (Lipinski definition) is 2. The number of carbonyl (C=O) groups excluding carboxylic acids is 2. The fourth-order valence-electron chi connectivity index (χ4n) is 2.15. The molecule has 6 heteroatoms. The zero-order valence-electron chi connectivity index (χ0n) is 9.36. The minimum absolute atomic E-state index is 0. The van der Waals surface area contributed by atoms with Gasteiger partial charge in [-0.2, -0.15) is 0 Å². The Morgan fingerprint density at radius 1 is 1.50 bits per heavy atom. The molecule has 0 aromatic heterocycles. The summed E-state index contributed by atoms with van der Waals surface area (Å²) in [5.74, 6) is 0.0748. The molecular weight excluding hydrogens is 230 g/mol. The largest absolute Gasteiger partial charge is 0.344 e. The summed E-state index contributed by atoms with van der Waals surface area (Å²) in [6, 6.07) is 0.0719. The van der Waals surface area contributed by atoms with Gasteiger partial charge in [0.25, 0.3) is 0 Å². The molecule has 2 atom stereocenters. The number of hydrogen-bond acceptors (Lipinski definition) is 3. The summed E-state index contributed by atoms with van der Waals surface area (Å²) in [6.07, 6.45) is 1.13. The predicted molar refractivity (Wildman–Crippen MR) is 62.5 cm³/mol. The Balaban J connectivity index is 0.00000128. The molecular formula is C10H18ClN3O2. The fraction of sp³-hybridized carbons (Fsp3) is 0.800. The molecule has 2 aliphatic rings. The van der Waals surface area contributed by atoms with E-state index in [9.17, 15) is 9.59 Å². The molecule has 0 spiro atoms. The van der Waals surface area contributed by atoms with Crippen molar-refractivity contribution in [3.05, 3.63) is 0 Å². The van der Waals surface area contributed by atoms with Crippen molar-refractivity contribution in [2.24, 2.45) is 0 Å². The van der Waals surface area contributed by atoms with Gasteiger partial charge < -0.3 is 15.5 Å². The molecule has 0 saturated carbocycles. The first-order chi connectivity index (χ1) is 7.16. The molecule has 2 aliphatic heterocycles. The van der Waals surface area contributed by atoms with E-state index < -0.39 is 0 Å². The molecule has 0 radical (unpaired) electrons. The minimum Gasteiger partial charge on any atom is -0.344 e. The quantitative estimate of drug-likeness (QED) is 0.657. The van der Waals surface area contributed by atoms with Crippen molar-refractivity contribution in [1.82, 2.24) is 15.5 Å². The number of nitrogens with one attached hydrogen (secondary N) is 2. The third kappa shape index (κ3) is 2.86. The maximum Gasteiger partial charge on any atom is 0.245 e. The van der Waals surface area contributed by atoms with Crippen LogP contribution in [0.1, 0.15) is 19.8 Å². The van der Waals surface area contributed by atoms with Crippen molar-refractivity contribution in [3.63, 3.8) is 0 Å². The van der Waals surface area contributed by atoms with Crippen molar-refractivity contribution in [2.75, 3.05) is 19.6 Å². The zero-order chi connectivity index (χ0) is 10.8. The molecule has 2 heterocycles. The SMILES string of the molecule is C[C@@H]1CN(C(=O)C2CCC(=O)N2)CCN1.Cl. The number of piperazine rings is 1. The van der Waals surface area contributed by atoms with Gasteiger partial charge in [0.15, 0.2) is 0 Å². The van der Waals surface area contributed by atoms with Gasteiger partial charge >= 0.3 is 0 Å². The first-order valence-corrected chi connectivity index (χ1v) is 5.48. The Morgan fingerprint density at radius 2 is 2.25 bits per heavy atom. The maximum atomic E-state index is 12.0. The second-order valence-corrected chi connectivity index (χ2v) is 4.30. The maximum absolute atomic E-state index is 12.0. The van der Waals surface area contributed by atoms with Crippen LogP contribution in [0, 0.1) is 0 Å². The van der Waals surface area contributed by atoms with Crippen molar-refractivity contribution in [3.8, 4) is 0 Å². The van der Waals surface area contributed by atoms with Gasteiger partial charge in [0.1, 0.15) is 6.04 Å². The monoisotopic (exact) mass is 247 g/mol. The first kappa shape index (κ1) is 13.3. The van der Waals surface area contributed by atoms with Gasteiger partial charge in [-0.3, -0.25) is 9.59 Å². The van der Waals surface area contributed by atoms with Crippen molar-refractivity contribution >= 4 is 24.2 Å². The van der Waals surface area contributed by atoms with Crippen molar-refractivity contribution in [2.45, 2.75) is 31.8 Å². The van der Waals surface area contributed by atoms with Crippen molar-refractivity contribution < 1.29 is 9.59 Å². The van der Waals surface area contributed by atoms with E-state index in [1.165, 1.54) is 0 Å². The summed E-state index contributed by atoms with van der Waals surface area (Å²) in [5.41, 5.74) is 0. The van der Waals surface area contributed by atoms with E-state index in [2.05, 4.69) is 17.6 Å². The average Bonchev–Trinajstić information content (AvgIpc) is 2.64. The van der Waals surface area contributed by atoms with Crippen LogP contribution in [0.2, 0.25) is 0 Å². The van der Waals surface area contributed by atoms with E-state index in [-0.39, 0.29) is 30.3 Å². The Labute approximate surface area is 101 Å². The normalized spacial score (nSPS) is 29.6. The molecule has 16 heavy (non-hydrogen) atoms. The highest BCUT2D eigenvalue weighted by atomic mass is 35.5. The van der Waals surface area contributed by atoms with Crippen LogP contribution in [-0.4, -0.2) is 48.4 Å². The lowest BCUT2D eigenvalue weighted by atomic mass is 10.1. The summed E-state index contributed by atoms with van der Waals surface area (Å²) in [4.78, 5) is 24.8. The summed E-state index contributed by atoms with van der Waals surface area (Å²) in [6.45, 7) is 4.39. The molecule has 2 fully saturated rings. The molecule has 0 bridgehead atoms. The second-order valence-electron chi connectivity index (χ2n) is 4.30. The lowest BCUT2D eigenvalue weighted by molar-refractivity contribution is -0.135. The third-order valence-corrected chi connectivity index (χ3v) is 2.97. The highest BCUT2D eigenvalue weighted by molar-refractivity contribution is 5.90. The standard InChI is InChI=1S/C10H17N3O2.ClH/c1-7-6-13(5-4-11-7)10(15)8-2-3-9(14)12-8;/h7-8,11H,2-6H2,1H3,(H,12,14);1H/t7-,8?;/m1./s1. The second kappa shape index (κ2) is 5.50. The molecule has 0 aromatic rings. The van der Waals surface area contributed by atoms with E-state index in [0.717, 1.165) is 19.6 Å². The molecule has 5 nitrogen and oxygen atoms in total. The number of carbonyl (C=O) groups is 2. The van der Waals surface area contributed by atoms with Gasteiger partial charge in [-0.15, -0.1) is 12.4 Å². The molecule has 1 unspecified atom stereocenters. The topological polar surface area (TPSA) is 61.4 Å². The Morgan fingerprint density at radius 3 is 2.81 bits per heavy atom. The molecule has 0 aliphatic carbocycles. The zero-order valence-corrected chi connectivity index (χ0v) is 10.2. The Kier molecular flexibility index (Phi) is 4.56. The van der Waals surface area contributed by atoms with Crippen LogP contribution in [0.5, 0.6) is 0 Å². The highest BCUT2D eigenvalue weighted by Gasteiger charge is 2.32. The van der Waals surface area contributed by atoms with Crippen LogP contribution in [-0.2, 0) is 9.59 Å². The number of halogens is 1. The lowest BCUT2D eigenvalue weighted by Crippen LogP contribution is -2.55. The van der Waals surface area contributed by atoms with Crippen LogP contribution in [0.15, 0.2) is 0 Å². The minimum atomic E-state index is -0.275. The van der Waals surface area contributed by atoms with Crippen LogP contribution >= 0.6 is 12.4 Å². The molecule has 2 N–H and O–H groups in total. The van der Waals surface area contributed by atoms with Gasteiger partial charge in [0.05, 0.1) is 0 Å². The number of amides is 2. The van der Waals surface area contributed by atoms with E-state index in [0.29, 0.717) is 18.9 Å². The lowest BCUT2D eigenvalue weighted by Gasteiger charge is -2.33. The van der Waals surface area contributed by atoms with Crippen LogP contribution in [0.25, 0.3) is 0 Å². The fourth-order valence-corrected chi connectivity index (χ4v) is 2.15.